The third kappa shape index (κ3) is 2.55. The molecule has 2 N–H and O–H groups in total. The molecule has 3 aliphatic rings. The molecule has 0 bridgehead atoms. The van der Waals surface area contributed by atoms with E-state index >= 15 is 0 Å². The molecule has 2 aromatic rings. The number of urea groups is 1. The number of nitrogens with one attached hydrogen (secondary N) is 2. The van der Waals surface area contributed by atoms with Crippen molar-refractivity contribution in [3.05, 3.63) is 52.3 Å². The van der Waals surface area contributed by atoms with Gasteiger partial charge in [-0.3, -0.25) is 4.79 Å². The SMILES string of the molecule is O=C(Nc1c2c(cc3c1CCC3)CCC2)NS1(=O)=NC(=O)c2ncccc21. The maximum atomic E-state index is 13.1. The highest BCUT2D eigenvalue weighted by molar-refractivity contribution is 7.93. The van der Waals surface area contributed by atoms with E-state index < -0.39 is 21.9 Å². The van der Waals surface area contributed by atoms with Gasteiger partial charge in [0.05, 0.1) is 4.90 Å². The average Bonchev–Trinajstić information content (AvgIpc) is 3.34. The van der Waals surface area contributed by atoms with E-state index in [1.54, 1.807) is 6.07 Å². The van der Waals surface area contributed by atoms with E-state index in [2.05, 4.69) is 25.5 Å². The van der Waals surface area contributed by atoms with Gasteiger partial charge in [-0.1, -0.05) is 6.07 Å². The minimum Gasteiger partial charge on any atom is -0.307 e. The number of hydrogen-bond acceptors (Lipinski definition) is 4. The van der Waals surface area contributed by atoms with Gasteiger partial charge in [0.25, 0.3) is 0 Å². The molecule has 1 atom stereocenters. The molecule has 0 radical (unpaired) electrons. The van der Waals surface area contributed by atoms with Crippen LogP contribution in [-0.4, -0.2) is 21.1 Å². The smallest absolute Gasteiger partial charge is 0.307 e. The fraction of sp³-hybridized carbons (Fsp3) is 0.316. The summed E-state index contributed by atoms with van der Waals surface area (Å²) in [5.41, 5.74) is 5.85. The number of fused-ring (bicyclic) bond motifs is 3. The zero-order chi connectivity index (χ0) is 18.6. The molecule has 8 heteroatoms. The van der Waals surface area contributed by atoms with Gasteiger partial charge in [-0.25, -0.2) is 18.7 Å². The maximum Gasteiger partial charge on any atom is 0.331 e. The highest BCUT2D eigenvalue weighted by Gasteiger charge is 2.32. The van der Waals surface area contributed by atoms with Crippen LogP contribution in [0.4, 0.5) is 10.5 Å². The third-order valence-corrected chi connectivity index (χ3v) is 7.24. The highest BCUT2D eigenvalue weighted by atomic mass is 32.2. The number of hydrogen-bond donors (Lipinski definition) is 2. The van der Waals surface area contributed by atoms with Crippen molar-refractivity contribution >= 4 is 27.5 Å². The van der Waals surface area contributed by atoms with Crippen molar-refractivity contribution in [3.8, 4) is 0 Å². The summed E-state index contributed by atoms with van der Waals surface area (Å²) in [6.07, 6.45) is 7.51. The Morgan fingerprint density at radius 3 is 2.48 bits per heavy atom. The molecule has 0 fully saturated rings. The Morgan fingerprint density at radius 1 is 1.07 bits per heavy atom. The highest BCUT2D eigenvalue weighted by Crippen LogP contribution is 2.38. The zero-order valence-corrected chi connectivity index (χ0v) is 15.4. The summed E-state index contributed by atoms with van der Waals surface area (Å²) in [6, 6.07) is 4.75. The molecular weight excluding hydrogens is 364 g/mol. The Morgan fingerprint density at radius 2 is 1.78 bits per heavy atom. The van der Waals surface area contributed by atoms with Crippen LogP contribution in [0.2, 0.25) is 0 Å². The lowest BCUT2D eigenvalue weighted by molar-refractivity contribution is 0.100. The van der Waals surface area contributed by atoms with Crippen LogP contribution in [0.3, 0.4) is 0 Å². The molecule has 7 nitrogen and oxygen atoms in total. The van der Waals surface area contributed by atoms with Crippen LogP contribution < -0.4 is 10.0 Å². The van der Waals surface area contributed by atoms with E-state index in [0.29, 0.717) is 0 Å². The molecule has 138 valence electrons. The molecular formula is C19H18N4O3S. The van der Waals surface area contributed by atoms with E-state index in [4.69, 9.17) is 0 Å². The molecule has 2 aliphatic carbocycles. The summed E-state index contributed by atoms with van der Waals surface area (Å²) < 4.78 is 19.2. The van der Waals surface area contributed by atoms with Gasteiger partial charge in [0.15, 0.2) is 9.92 Å². The summed E-state index contributed by atoms with van der Waals surface area (Å²) in [6.45, 7) is 0. The minimum atomic E-state index is -3.36. The number of anilines is 1. The lowest BCUT2D eigenvalue weighted by Crippen LogP contribution is -2.34. The Labute approximate surface area is 156 Å². The lowest BCUT2D eigenvalue weighted by Gasteiger charge is -2.17. The normalized spacial score (nSPS) is 22.0. The second-order valence-electron chi connectivity index (χ2n) is 7.06. The predicted molar refractivity (Wildman–Crippen MR) is 100 cm³/mol. The van der Waals surface area contributed by atoms with E-state index in [-0.39, 0.29) is 10.6 Å². The fourth-order valence-corrected chi connectivity index (χ4v) is 5.83. The second kappa shape index (κ2) is 5.88. The summed E-state index contributed by atoms with van der Waals surface area (Å²) in [7, 11) is -3.36. The predicted octanol–water partition coefficient (Wildman–Crippen LogP) is 2.78. The van der Waals surface area contributed by atoms with Crippen LogP contribution in [0.5, 0.6) is 0 Å². The molecule has 1 aromatic heterocycles. The molecule has 3 amide bonds. The van der Waals surface area contributed by atoms with Gasteiger partial charge in [0.1, 0.15) is 5.69 Å². The first-order chi connectivity index (χ1) is 13.0. The molecule has 1 aliphatic heterocycles. The van der Waals surface area contributed by atoms with Gasteiger partial charge in [-0.15, -0.1) is 4.36 Å². The molecule has 2 heterocycles. The Hall–Kier alpha value is -2.74. The first-order valence-electron chi connectivity index (χ1n) is 9.07. The molecule has 27 heavy (non-hydrogen) atoms. The standard InChI is InChI=1S/C19H18N4O3S/c24-18-17-15(8-3-9-20-17)27(26,22-18)23-19(25)21-16-13-6-1-4-11(13)10-12-5-2-7-14(12)16/h3,8-10H,1-2,4-7H2,(H2,21,22,23,24,25,26). The number of amides is 3. The molecule has 0 saturated heterocycles. The summed E-state index contributed by atoms with van der Waals surface area (Å²) in [4.78, 5) is 28.7. The third-order valence-electron chi connectivity index (χ3n) is 5.43. The van der Waals surface area contributed by atoms with Crippen LogP contribution in [0, 0.1) is 0 Å². The van der Waals surface area contributed by atoms with Crippen LogP contribution in [0.1, 0.15) is 45.6 Å². The zero-order valence-electron chi connectivity index (χ0n) is 14.6. The van der Waals surface area contributed by atoms with Crippen molar-refractivity contribution in [1.29, 1.82) is 0 Å². The first kappa shape index (κ1) is 16.4. The number of pyridine rings is 1. The van der Waals surface area contributed by atoms with E-state index in [1.165, 1.54) is 34.5 Å². The topological polar surface area (TPSA) is 101 Å². The molecule has 5 rings (SSSR count). The number of aryl methyl sites for hydroxylation is 2. The van der Waals surface area contributed by atoms with Gasteiger partial charge >= 0.3 is 11.9 Å². The quantitative estimate of drug-likeness (QED) is 0.834. The van der Waals surface area contributed by atoms with Crippen molar-refractivity contribution in [2.24, 2.45) is 4.36 Å². The van der Waals surface area contributed by atoms with E-state index in [0.717, 1.165) is 44.2 Å². The number of carbonyl (C=O) groups is 2. The number of rotatable bonds is 2. The lowest BCUT2D eigenvalue weighted by atomic mass is 9.99. The number of carbonyl (C=O) groups excluding carboxylic acids is 2. The monoisotopic (exact) mass is 382 g/mol. The van der Waals surface area contributed by atoms with Crippen molar-refractivity contribution in [2.75, 3.05) is 5.32 Å². The van der Waals surface area contributed by atoms with Crippen molar-refractivity contribution in [1.82, 2.24) is 9.71 Å². The van der Waals surface area contributed by atoms with Crippen LogP contribution >= 0.6 is 0 Å². The van der Waals surface area contributed by atoms with Crippen molar-refractivity contribution in [3.63, 3.8) is 0 Å². The minimum absolute atomic E-state index is 0.0318. The van der Waals surface area contributed by atoms with Gasteiger partial charge < -0.3 is 5.32 Å². The second-order valence-corrected chi connectivity index (χ2v) is 8.94. The number of benzene rings is 1. The number of aromatic nitrogens is 1. The fourth-order valence-electron chi connectivity index (χ4n) is 4.29. The Bertz CT molecular complexity index is 1100. The molecule has 0 spiro atoms. The summed E-state index contributed by atoms with van der Waals surface area (Å²) >= 11 is 0. The van der Waals surface area contributed by atoms with Crippen molar-refractivity contribution < 1.29 is 13.8 Å². The van der Waals surface area contributed by atoms with Crippen LogP contribution in [-0.2, 0) is 35.6 Å². The summed E-state index contributed by atoms with van der Waals surface area (Å²) in [5.74, 6) is -0.669. The largest absolute Gasteiger partial charge is 0.331 e. The molecule has 1 unspecified atom stereocenters. The average molecular weight is 382 g/mol. The molecule has 0 saturated carbocycles. The van der Waals surface area contributed by atoms with Crippen LogP contribution in [0.15, 0.2) is 33.7 Å². The van der Waals surface area contributed by atoms with Crippen LogP contribution in [0.25, 0.3) is 0 Å². The van der Waals surface area contributed by atoms with Gasteiger partial charge in [0.2, 0.25) is 0 Å². The Kier molecular flexibility index (Phi) is 3.58. The first-order valence-corrected chi connectivity index (χ1v) is 10.6. The Balaban J connectivity index is 1.48. The molecule has 1 aromatic carbocycles. The van der Waals surface area contributed by atoms with E-state index in [9.17, 15) is 13.8 Å². The van der Waals surface area contributed by atoms with Crippen molar-refractivity contribution in [2.45, 2.75) is 43.4 Å². The van der Waals surface area contributed by atoms with Gasteiger partial charge in [-0.2, -0.15) is 0 Å². The van der Waals surface area contributed by atoms with Gasteiger partial charge in [-0.05, 0) is 72.9 Å². The van der Waals surface area contributed by atoms with E-state index in [1.807, 2.05) is 0 Å². The summed E-state index contributed by atoms with van der Waals surface area (Å²) in [5, 5.41) is 2.92. The van der Waals surface area contributed by atoms with Gasteiger partial charge in [0, 0.05) is 11.9 Å². The number of nitrogens with zero attached hydrogens (tertiary/aromatic N) is 2. The maximum absolute atomic E-state index is 13.1.